The Kier molecular flexibility index (Phi) is 16.4. The zero-order chi connectivity index (χ0) is 40.9. The van der Waals surface area contributed by atoms with E-state index >= 15 is 0 Å². The van der Waals surface area contributed by atoms with E-state index < -0.39 is 6.29 Å². The number of hydrogen-bond donors (Lipinski definition) is 3. The molecule has 5 aliphatic rings. The predicted molar refractivity (Wildman–Crippen MR) is 240 cm³/mol. The molecule has 7 nitrogen and oxygen atoms in total. The van der Waals surface area contributed by atoms with Crippen LogP contribution in [0.1, 0.15) is 170 Å². The number of aliphatic hydroxyl groups excluding tert-OH is 1. The molecule has 322 valence electrons. The second kappa shape index (κ2) is 22.0. The first-order valence-corrected chi connectivity index (χ1v) is 23.9. The third-order valence-corrected chi connectivity index (χ3v) is 14.0. The smallest absolute Gasteiger partial charge is 0.315 e. The third kappa shape index (κ3) is 12.7. The number of amides is 2. The first-order valence-electron chi connectivity index (χ1n) is 23.9. The lowest BCUT2D eigenvalue weighted by atomic mass is 9.53. The number of ether oxygens (including phenoxy) is 2. The Morgan fingerprint density at radius 1 is 0.678 bits per heavy atom. The molecule has 7 heteroatoms. The Hall–Kier alpha value is -3.23. The number of benzene rings is 3. The van der Waals surface area contributed by atoms with Crippen LogP contribution >= 0.6 is 0 Å². The van der Waals surface area contributed by atoms with E-state index in [0.717, 1.165) is 96.5 Å². The maximum atomic E-state index is 13.2. The Labute approximate surface area is 356 Å². The minimum Gasteiger partial charge on any atom is -0.392 e. The van der Waals surface area contributed by atoms with Crippen molar-refractivity contribution in [2.24, 2.45) is 17.8 Å². The van der Waals surface area contributed by atoms with Crippen LogP contribution in [0.3, 0.4) is 0 Å². The van der Waals surface area contributed by atoms with Crippen LogP contribution in [0.2, 0.25) is 0 Å². The van der Waals surface area contributed by atoms with Gasteiger partial charge in [0, 0.05) is 30.6 Å². The van der Waals surface area contributed by atoms with Crippen LogP contribution in [0, 0.1) is 17.8 Å². The number of carbonyl (C=O) groups is 1. The molecule has 4 aliphatic carbocycles. The molecular weight excluding hydrogens is 731 g/mol. The van der Waals surface area contributed by atoms with Crippen molar-refractivity contribution >= 4 is 6.03 Å². The van der Waals surface area contributed by atoms with Crippen molar-refractivity contribution in [3.63, 3.8) is 0 Å². The summed E-state index contributed by atoms with van der Waals surface area (Å²) in [6, 6.07) is 25.4. The molecule has 3 N–H and O–H groups in total. The van der Waals surface area contributed by atoms with Gasteiger partial charge in [0.25, 0.3) is 0 Å². The highest BCUT2D eigenvalue weighted by Crippen LogP contribution is 2.55. The van der Waals surface area contributed by atoms with Crippen LogP contribution < -0.4 is 10.6 Å². The van der Waals surface area contributed by atoms with E-state index in [1.165, 1.54) is 96.3 Å². The van der Waals surface area contributed by atoms with Gasteiger partial charge in [-0.25, -0.2) is 4.79 Å². The van der Waals surface area contributed by atoms with Crippen molar-refractivity contribution in [3.05, 3.63) is 95.1 Å². The minimum atomic E-state index is -0.474. The van der Waals surface area contributed by atoms with Gasteiger partial charge in [-0.1, -0.05) is 145 Å². The SMILES string of the molecule is CCCCCCCCN(CCCCCCCC)CC1CC(c2ccc(CO)cc2)OC(c2ccc(-c3cccc(CNC(=O)NC45CC6CC(CC(C6)C4)C5)c3)cc2)O1. The Morgan fingerprint density at radius 2 is 1.27 bits per heavy atom. The van der Waals surface area contributed by atoms with E-state index in [1.54, 1.807) is 0 Å². The number of hydrogen-bond acceptors (Lipinski definition) is 5. The van der Waals surface area contributed by atoms with Gasteiger partial charge in [-0.2, -0.15) is 0 Å². The van der Waals surface area contributed by atoms with E-state index in [0.29, 0.717) is 6.54 Å². The Bertz CT molecular complexity index is 1660. The van der Waals surface area contributed by atoms with E-state index in [1.807, 2.05) is 12.1 Å². The lowest BCUT2D eigenvalue weighted by Gasteiger charge is -2.56. The lowest BCUT2D eigenvalue weighted by Crippen LogP contribution is -2.61. The van der Waals surface area contributed by atoms with Crippen molar-refractivity contribution in [1.29, 1.82) is 0 Å². The van der Waals surface area contributed by atoms with Gasteiger partial charge in [0.05, 0.1) is 18.8 Å². The highest BCUT2D eigenvalue weighted by Gasteiger charge is 2.51. The fourth-order valence-electron chi connectivity index (χ4n) is 11.3. The average Bonchev–Trinajstić information content (AvgIpc) is 3.24. The number of urea groups is 1. The second-order valence-electron chi connectivity index (χ2n) is 19.0. The molecule has 2 amide bonds. The first kappa shape index (κ1) is 43.8. The molecule has 0 aromatic heterocycles. The third-order valence-electron chi connectivity index (χ3n) is 14.0. The highest BCUT2D eigenvalue weighted by atomic mass is 16.7. The van der Waals surface area contributed by atoms with Gasteiger partial charge < -0.3 is 30.1 Å². The Balaban J connectivity index is 0.986. The van der Waals surface area contributed by atoms with Crippen molar-refractivity contribution in [3.8, 4) is 11.1 Å². The van der Waals surface area contributed by atoms with Gasteiger partial charge in [-0.3, -0.25) is 0 Å². The van der Waals surface area contributed by atoms with Crippen molar-refractivity contribution in [2.45, 2.75) is 173 Å². The molecule has 3 unspecified atom stereocenters. The molecule has 3 atom stereocenters. The monoisotopic (exact) mass is 806 g/mol. The molecule has 8 rings (SSSR count). The summed E-state index contributed by atoms with van der Waals surface area (Å²) in [7, 11) is 0. The normalized spacial score (nSPS) is 26.0. The minimum absolute atomic E-state index is 0.0131. The number of unbranched alkanes of at least 4 members (excludes halogenated alkanes) is 10. The van der Waals surface area contributed by atoms with E-state index in [2.05, 4.69) is 90.0 Å². The standard InChI is InChI=1S/C52H75N3O4/c1-3-5-7-9-11-13-26-55(27-14-12-10-8-6-4-2)37-48-32-49(45-20-18-39(38-56)19-21-45)59-50(58-48)46-24-22-44(23-25-46)47-17-15-16-40(31-47)36-53-51(57)54-52-33-41-28-42(34-52)30-43(29-41)35-52/h15-25,31,41-43,48-50,56H,3-14,26-30,32-38H2,1-2H3,(H2,53,54,57). The Morgan fingerprint density at radius 3 is 1.88 bits per heavy atom. The molecule has 59 heavy (non-hydrogen) atoms. The highest BCUT2D eigenvalue weighted by molar-refractivity contribution is 5.75. The number of nitrogens with one attached hydrogen (secondary N) is 2. The summed E-state index contributed by atoms with van der Waals surface area (Å²) in [5, 5.41) is 16.4. The van der Waals surface area contributed by atoms with Crippen LogP contribution in [-0.2, 0) is 22.6 Å². The summed E-state index contributed by atoms with van der Waals surface area (Å²) in [6.45, 7) is 8.27. The van der Waals surface area contributed by atoms with Crippen molar-refractivity contribution in [1.82, 2.24) is 15.5 Å². The summed E-state index contributed by atoms with van der Waals surface area (Å²) < 4.78 is 13.6. The predicted octanol–water partition coefficient (Wildman–Crippen LogP) is 12.2. The second-order valence-corrected chi connectivity index (χ2v) is 19.0. The van der Waals surface area contributed by atoms with Crippen LogP contribution in [0.25, 0.3) is 11.1 Å². The van der Waals surface area contributed by atoms with Crippen molar-refractivity contribution < 1.29 is 19.4 Å². The summed E-state index contributed by atoms with van der Waals surface area (Å²) in [5.41, 5.74) is 6.42. The zero-order valence-electron chi connectivity index (χ0n) is 36.5. The lowest BCUT2D eigenvalue weighted by molar-refractivity contribution is -0.253. The molecule has 3 aromatic carbocycles. The van der Waals surface area contributed by atoms with Crippen molar-refractivity contribution in [2.75, 3.05) is 19.6 Å². The van der Waals surface area contributed by atoms with E-state index in [9.17, 15) is 9.90 Å². The van der Waals surface area contributed by atoms with Crippen LogP contribution in [-0.4, -0.2) is 47.3 Å². The summed E-state index contributed by atoms with van der Waals surface area (Å²) in [4.78, 5) is 15.9. The molecule has 1 heterocycles. The summed E-state index contributed by atoms with van der Waals surface area (Å²) in [6.07, 6.45) is 23.5. The molecule has 5 fully saturated rings. The molecule has 4 saturated carbocycles. The van der Waals surface area contributed by atoms with Crippen LogP contribution in [0.5, 0.6) is 0 Å². The van der Waals surface area contributed by atoms with Gasteiger partial charge in [0.2, 0.25) is 0 Å². The van der Waals surface area contributed by atoms with Gasteiger partial charge in [-0.05, 0) is 116 Å². The molecular formula is C52H75N3O4. The van der Waals surface area contributed by atoms with Gasteiger partial charge in [0.15, 0.2) is 6.29 Å². The van der Waals surface area contributed by atoms with Crippen LogP contribution in [0.15, 0.2) is 72.8 Å². The maximum absolute atomic E-state index is 13.2. The number of carbonyl (C=O) groups excluding carboxylic acids is 1. The number of aliphatic hydroxyl groups is 1. The number of nitrogens with zero attached hydrogens (tertiary/aromatic N) is 1. The van der Waals surface area contributed by atoms with Gasteiger partial charge >= 0.3 is 6.03 Å². The molecule has 1 saturated heterocycles. The topological polar surface area (TPSA) is 83.1 Å². The number of rotatable bonds is 23. The molecule has 0 radical (unpaired) electrons. The van der Waals surface area contributed by atoms with Crippen LogP contribution in [0.4, 0.5) is 4.79 Å². The first-order chi connectivity index (χ1) is 28.9. The fourth-order valence-corrected chi connectivity index (χ4v) is 11.3. The summed E-state index contributed by atoms with van der Waals surface area (Å²) >= 11 is 0. The zero-order valence-corrected chi connectivity index (χ0v) is 36.5. The quantitative estimate of drug-likeness (QED) is 0.0832. The fraction of sp³-hybridized carbons (Fsp3) is 0.635. The largest absolute Gasteiger partial charge is 0.392 e. The maximum Gasteiger partial charge on any atom is 0.315 e. The van der Waals surface area contributed by atoms with Gasteiger partial charge in [-0.15, -0.1) is 0 Å². The van der Waals surface area contributed by atoms with Gasteiger partial charge in [0.1, 0.15) is 0 Å². The molecule has 1 aliphatic heterocycles. The van der Waals surface area contributed by atoms with E-state index in [-0.39, 0.29) is 30.4 Å². The summed E-state index contributed by atoms with van der Waals surface area (Å²) in [5.74, 6) is 2.41. The average molecular weight is 806 g/mol. The molecule has 0 spiro atoms. The van der Waals surface area contributed by atoms with E-state index in [4.69, 9.17) is 9.47 Å². The molecule has 4 bridgehead atoms. The molecule has 3 aromatic rings.